The molecule has 2 aromatic rings. The third-order valence-electron chi connectivity index (χ3n) is 5.04. The SMILES string of the molecule is CCOc1cc(C)c(C)cc1C1NCCc2c1ccc(OC)c2OCC. The fraction of sp³-hybridized carbons (Fsp3) is 0.455. The van der Waals surface area contributed by atoms with Gasteiger partial charge in [0.2, 0.25) is 0 Å². The summed E-state index contributed by atoms with van der Waals surface area (Å²) < 4.78 is 17.4. The van der Waals surface area contributed by atoms with Crippen LogP contribution in [0.1, 0.15) is 47.7 Å². The van der Waals surface area contributed by atoms with Crippen LogP contribution in [0.25, 0.3) is 0 Å². The lowest BCUT2D eigenvalue weighted by molar-refractivity contribution is 0.304. The molecule has 0 aliphatic carbocycles. The highest BCUT2D eigenvalue weighted by Crippen LogP contribution is 2.42. The van der Waals surface area contributed by atoms with Crippen molar-refractivity contribution in [3.05, 3.63) is 52.1 Å². The number of fused-ring (bicyclic) bond motifs is 1. The molecule has 1 aliphatic heterocycles. The van der Waals surface area contributed by atoms with Gasteiger partial charge >= 0.3 is 0 Å². The van der Waals surface area contributed by atoms with Crippen LogP contribution in [0.3, 0.4) is 0 Å². The van der Waals surface area contributed by atoms with Crippen molar-refractivity contribution in [2.24, 2.45) is 0 Å². The number of hydrogen-bond acceptors (Lipinski definition) is 4. The summed E-state index contributed by atoms with van der Waals surface area (Å²) in [6, 6.07) is 8.64. The van der Waals surface area contributed by atoms with E-state index < -0.39 is 0 Å². The van der Waals surface area contributed by atoms with Crippen LogP contribution in [-0.2, 0) is 6.42 Å². The molecule has 1 unspecified atom stereocenters. The summed E-state index contributed by atoms with van der Waals surface area (Å²) in [4.78, 5) is 0. The quantitative estimate of drug-likeness (QED) is 0.836. The monoisotopic (exact) mass is 355 g/mol. The fourth-order valence-corrected chi connectivity index (χ4v) is 3.66. The largest absolute Gasteiger partial charge is 0.494 e. The Balaban J connectivity index is 2.14. The molecule has 0 bridgehead atoms. The Morgan fingerprint density at radius 1 is 0.962 bits per heavy atom. The van der Waals surface area contributed by atoms with Crippen LogP contribution in [-0.4, -0.2) is 26.9 Å². The van der Waals surface area contributed by atoms with Gasteiger partial charge < -0.3 is 19.5 Å². The molecule has 4 heteroatoms. The second kappa shape index (κ2) is 8.00. The molecule has 140 valence electrons. The van der Waals surface area contributed by atoms with Gasteiger partial charge in [-0.25, -0.2) is 0 Å². The Morgan fingerprint density at radius 2 is 1.69 bits per heavy atom. The first-order valence-corrected chi connectivity index (χ1v) is 9.40. The average Bonchev–Trinajstić information content (AvgIpc) is 2.65. The zero-order chi connectivity index (χ0) is 18.7. The summed E-state index contributed by atoms with van der Waals surface area (Å²) in [6.07, 6.45) is 0.924. The normalized spacial score (nSPS) is 16.1. The average molecular weight is 355 g/mol. The van der Waals surface area contributed by atoms with Crippen molar-refractivity contribution in [1.29, 1.82) is 0 Å². The van der Waals surface area contributed by atoms with Crippen LogP contribution in [0, 0.1) is 13.8 Å². The van der Waals surface area contributed by atoms with Gasteiger partial charge in [0, 0.05) is 17.7 Å². The molecule has 1 aliphatic rings. The highest BCUT2D eigenvalue weighted by atomic mass is 16.5. The van der Waals surface area contributed by atoms with Crippen molar-refractivity contribution < 1.29 is 14.2 Å². The predicted octanol–water partition coefficient (Wildman–Crippen LogP) is 4.34. The van der Waals surface area contributed by atoms with E-state index in [-0.39, 0.29) is 6.04 Å². The molecule has 26 heavy (non-hydrogen) atoms. The van der Waals surface area contributed by atoms with Gasteiger partial charge in [-0.1, -0.05) is 12.1 Å². The Labute approximate surface area is 156 Å². The predicted molar refractivity (Wildman–Crippen MR) is 105 cm³/mol. The van der Waals surface area contributed by atoms with Gasteiger partial charge in [-0.05, 0) is 62.9 Å². The molecule has 1 N–H and O–H groups in total. The van der Waals surface area contributed by atoms with Gasteiger partial charge in [-0.2, -0.15) is 0 Å². The lowest BCUT2D eigenvalue weighted by Gasteiger charge is -2.31. The van der Waals surface area contributed by atoms with Crippen molar-refractivity contribution in [1.82, 2.24) is 5.32 Å². The first-order valence-electron chi connectivity index (χ1n) is 9.40. The second-order valence-corrected chi connectivity index (χ2v) is 6.64. The van der Waals surface area contributed by atoms with Crippen LogP contribution in [0.15, 0.2) is 24.3 Å². The summed E-state index contributed by atoms with van der Waals surface area (Å²) in [5, 5.41) is 3.67. The molecule has 0 aromatic heterocycles. The maximum atomic E-state index is 5.97. The van der Waals surface area contributed by atoms with E-state index in [1.807, 2.05) is 19.9 Å². The van der Waals surface area contributed by atoms with E-state index in [0.29, 0.717) is 13.2 Å². The number of benzene rings is 2. The van der Waals surface area contributed by atoms with Crippen LogP contribution >= 0.6 is 0 Å². The lowest BCUT2D eigenvalue weighted by Crippen LogP contribution is -2.31. The van der Waals surface area contributed by atoms with E-state index in [9.17, 15) is 0 Å². The number of aryl methyl sites for hydroxylation is 2. The van der Waals surface area contributed by atoms with Crippen LogP contribution < -0.4 is 19.5 Å². The third-order valence-corrected chi connectivity index (χ3v) is 5.04. The smallest absolute Gasteiger partial charge is 0.164 e. The van der Waals surface area contributed by atoms with Crippen LogP contribution in [0.5, 0.6) is 17.2 Å². The standard InChI is InChI=1S/C22H29NO3/c1-6-25-20-13-15(4)14(3)12-18(20)21-16-8-9-19(24-5)22(26-7-2)17(16)10-11-23-21/h8-9,12-13,21,23H,6-7,10-11H2,1-5H3. The van der Waals surface area contributed by atoms with Crippen molar-refractivity contribution in [3.8, 4) is 17.2 Å². The van der Waals surface area contributed by atoms with Crippen LogP contribution in [0.2, 0.25) is 0 Å². The van der Waals surface area contributed by atoms with Gasteiger partial charge in [-0.15, -0.1) is 0 Å². The summed E-state index contributed by atoms with van der Waals surface area (Å²) >= 11 is 0. The van der Waals surface area contributed by atoms with E-state index in [1.54, 1.807) is 7.11 Å². The molecule has 2 aromatic carbocycles. The van der Waals surface area contributed by atoms with E-state index >= 15 is 0 Å². The van der Waals surface area contributed by atoms with Crippen molar-refractivity contribution in [3.63, 3.8) is 0 Å². The number of methoxy groups -OCH3 is 1. The Morgan fingerprint density at radius 3 is 2.38 bits per heavy atom. The fourth-order valence-electron chi connectivity index (χ4n) is 3.66. The molecule has 0 spiro atoms. The van der Waals surface area contributed by atoms with Crippen molar-refractivity contribution >= 4 is 0 Å². The molecule has 0 fully saturated rings. The van der Waals surface area contributed by atoms with E-state index in [1.165, 1.54) is 27.8 Å². The Hall–Kier alpha value is -2.20. The van der Waals surface area contributed by atoms with E-state index in [2.05, 4.69) is 37.4 Å². The third kappa shape index (κ3) is 3.38. The zero-order valence-electron chi connectivity index (χ0n) is 16.4. The summed E-state index contributed by atoms with van der Waals surface area (Å²) in [5.74, 6) is 2.63. The lowest BCUT2D eigenvalue weighted by atomic mass is 9.87. The minimum atomic E-state index is 0.0877. The molecule has 0 amide bonds. The number of rotatable bonds is 6. The van der Waals surface area contributed by atoms with E-state index in [0.717, 1.165) is 30.2 Å². The molecule has 0 saturated carbocycles. The van der Waals surface area contributed by atoms with Crippen molar-refractivity contribution in [2.45, 2.75) is 40.2 Å². The van der Waals surface area contributed by atoms with Crippen molar-refractivity contribution in [2.75, 3.05) is 26.9 Å². The molecule has 0 saturated heterocycles. The number of ether oxygens (including phenoxy) is 3. The molecular formula is C22H29NO3. The van der Waals surface area contributed by atoms with E-state index in [4.69, 9.17) is 14.2 Å². The summed E-state index contributed by atoms with van der Waals surface area (Å²) in [7, 11) is 1.69. The molecule has 3 rings (SSSR count). The van der Waals surface area contributed by atoms with Gasteiger partial charge in [0.1, 0.15) is 5.75 Å². The molecule has 1 heterocycles. The Bertz CT molecular complexity index is 785. The van der Waals surface area contributed by atoms with Crippen LogP contribution in [0.4, 0.5) is 0 Å². The topological polar surface area (TPSA) is 39.7 Å². The molecule has 4 nitrogen and oxygen atoms in total. The zero-order valence-corrected chi connectivity index (χ0v) is 16.4. The Kier molecular flexibility index (Phi) is 5.72. The summed E-state index contributed by atoms with van der Waals surface area (Å²) in [6.45, 7) is 10.5. The summed E-state index contributed by atoms with van der Waals surface area (Å²) in [5.41, 5.74) is 6.18. The molecule has 1 atom stereocenters. The molecule has 0 radical (unpaired) electrons. The maximum Gasteiger partial charge on any atom is 0.164 e. The minimum Gasteiger partial charge on any atom is -0.494 e. The molecular weight excluding hydrogens is 326 g/mol. The highest BCUT2D eigenvalue weighted by molar-refractivity contribution is 5.56. The van der Waals surface area contributed by atoms with Gasteiger partial charge in [-0.3, -0.25) is 0 Å². The highest BCUT2D eigenvalue weighted by Gasteiger charge is 2.28. The number of nitrogens with one attached hydrogen (secondary N) is 1. The number of hydrogen-bond donors (Lipinski definition) is 1. The minimum absolute atomic E-state index is 0.0877. The maximum absolute atomic E-state index is 5.97. The second-order valence-electron chi connectivity index (χ2n) is 6.64. The van der Waals surface area contributed by atoms with Gasteiger partial charge in [0.05, 0.1) is 26.4 Å². The first kappa shape index (κ1) is 18.6. The first-order chi connectivity index (χ1) is 12.6. The van der Waals surface area contributed by atoms with Gasteiger partial charge in [0.25, 0.3) is 0 Å². The van der Waals surface area contributed by atoms with Gasteiger partial charge in [0.15, 0.2) is 11.5 Å².